The molecule has 0 saturated carbocycles. The van der Waals surface area contributed by atoms with Crippen LogP contribution in [0.4, 0.5) is 57.1 Å². The molecule has 0 atom stereocenters. The van der Waals surface area contributed by atoms with Crippen LogP contribution in [0.2, 0.25) is 0 Å². The standard InChI is InChI=1S/C22H21F13O4/c1-3-5-9-38-15(36)13-8-7-12(11-14(13)16(37)39-10-6-4-2)17(23,24)18(25,26)19(27,28)20(29,30)21(31,32)22(33,34)35/h7-8,11H,3-6,9-10H2,1-2H3. The summed E-state index contributed by atoms with van der Waals surface area (Å²) in [5.41, 5.74) is -4.60. The van der Waals surface area contributed by atoms with Crippen molar-refractivity contribution in [3.05, 3.63) is 34.9 Å². The molecule has 0 aliphatic rings. The number of alkyl halides is 13. The Morgan fingerprint density at radius 1 is 0.615 bits per heavy atom. The summed E-state index contributed by atoms with van der Waals surface area (Å²) in [5, 5.41) is 0. The molecule has 0 aliphatic heterocycles. The third kappa shape index (κ3) is 6.21. The van der Waals surface area contributed by atoms with Gasteiger partial charge in [-0.15, -0.1) is 0 Å². The van der Waals surface area contributed by atoms with Crippen molar-refractivity contribution >= 4 is 11.9 Å². The molecule has 0 amide bonds. The molecule has 0 heterocycles. The lowest BCUT2D eigenvalue weighted by atomic mass is 9.89. The smallest absolute Gasteiger partial charge is 0.460 e. The van der Waals surface area contributed by atoms with E-state index in [4.69, 9.17) is 4.74 Å². The average molecular weight is 596 g/mol. The SMILES string of the molecule is CCCCOC(=O)c1ccc(C(F)(F)C(F)(F)C(F)(F)C(F)(F)C(F)(F)C(F)(F)F)cc1C(=O)OCCCC. The predicted molar refractivity (Wildman–Crippen MR) is 107 cm³/mol. The van der Waals surface area contributed by atoms with Crippen LogP contribution < -0.4 is 0 Å². The molecule has 17 heteroatoms. The highest BCUT2D eigenvalue weighted by molar-refractivity contribution is 6.03. The first kappa shape index (κ1) is 34.3. The lowest BCUT2D eigenvalue weighted by Crippen LogP contribution is -2.69. The molecule has 0 unspecified atom stereocenters. The van der Waals surface area contributed by atoms with Crippen molar-refractivity contribution in [1.29, 1.82) is 0 Å². The summed E-state index contributed by atoms with van der Waals surface area (Å²) in [6.07, 6.45) is -6.19. The van der Waals surface area contributed by atoms with Gasteiger partial charge in [-0.2, -0.15) is 57.1 Å². The summed E-state index contributed by atoms with van der Waals surface area (Å²) in [5.74, 6) is -41.2. The number of esters is 2. The van der Waals surface area contributed by atoms with Crippen LogP contribution in [0.25, 0.3) is 0 Å². The molecule has 0 N–H and O–H groups in total. The van der Waals surface area contributed by atoms with Gasteiger partial charge in [-0.25, -0.2) is 9.59 Å². The Labute approximate surface area is 212 Å². The van der Waals surface area contributed by atoms with Crippen LogP contribution in [0, 0.1) is 0 Å². The van der Waals surface area contributed by atoms with E-state index >= 15 is 0 Å². The van der Waals surface area contributed by atoms with Crippen molar-refractivity contribution in [1.82, 2.24) is 0 Å². The van der Waals surface area contributed by atoms with Crippen molar-refractivity contribution in [2.75, 3.05) is 13.2 Å². The van der Waals surface area contributed by atoms with Gasteiger partial charge in [0.25, 0.3) is 0 Å². The van der Waals surface area contributed by atoms with Crippen LogP contribution in [0.1, 0.15) is 65.8 Å². The van der Waals surface area contributed by atoms with E-state index in [2.05, 4.69) is 4.74 Å². The molecule has 0 radical (unpaired) electrons. The van der Waals surface area contributed by atoms with Crippen LogP contribution in [0.15, 0.2) is 18.2 Å². The quantitative estimate of drug-likeness (QED) is 0.133. The van der Waals surface area contributed by atoms with Crippen molar-refractivity contribution in [2.45, 2.75) is 75.3 Å². The zero-order valence-electron chi connectivity index (χ0n) is 20.0. The predicted octanol–water partition coefficient (Wildman–Crippen LogP) is 7.80. The van der Waals surface area contributed by atoms with Gasteiger partial charge in [-0.1, -0.05) is 32.8 Å². The topological polar surface area (TPSA) is 52.6 Å². The Balaban J connectivity index is 3.69. The maximum absolute atomic E-state index is 14.6. The third-order valence-electron chi connectivity index (χ3n) is 5.22. The van der Waals surface area contributed by atoms with E-state index in [-0.39, 0.29) is 37.6 Å². The van der Waals surface area contributed by atoms with E-state index in [9.17, 15) is 66.7 Å². The Kier molecular flexibility index (Phi) is 10.4. The lowest BCUT2D eigenvalue weighted by molar-refractivity contribution is -0.441. The van der Waals surface area contributed by atoms with Gasteiger partial charge in [-0.05, 0) is 25.0 Å². The number of carbonyl (C=O) groups is 2. The molecule has 0 spiro atoms. The molecular weight excluding hydrogens is 575 g/mol. The second kappa shape index (κ2) is 11.8. The van der Waals surface area contributed by atoms with Gasteiger partial charge >= 0.3 is 47.7 Å². The number of unbranched alkanes of at least 4 members (excludes halogenated alkanes) is 2. The summed E-state index contributed by atoms with van der Waals surface area (Å²) in [7, 11) is 0. The first-order valence-corrected chi connectivity index (χ1v) is 11.0. The van der Waals surface area contributed by atoms with Gasteiger partial charge in [0.15, 0.2) is 0 Å². The third-order valence-corrected chi connectivity index (χ3v) is 5.22. The van der Waals surface area contributed by atoms with Crippen LogP contribution in [0.3, 0.4) is 0 Å². The normalized spacial score (nSPS) is 13.8. The molecule has 1 rings (SSSR count). The van der Waals surface area contributed by atoms with E-state index in [0.717, 1.165) is 0 Å². The largest absolute Gasteiger partial charge is 0.462 e. The molecule has 1 aromatic rings. The lowest BCUT2D eigenvalue weighted by Gasteiger charge is -2.39. The molecule has 0 aromatic heterocycles. The Bertz CT molecular complexity index is 1020. The molecule has 224 valence electrons. The molecular formula is C22H21F13O4. The van der Waals surface area contributed by atoms with Crippen molar-refractivity contribution in [3.8, 4) is 0 Å². The Morgan fingerprint density at radius 2 is 1.03 bits per heavy atom. The molecule has 0 saturated heterocycles. The molecule has 0 fully saturated rings. The van der Waals surface area contributed by atoms with Gasteiger partial charge in [0.05, 0.1) is 24.3 Å². The van der Waals surface area contributed by atoms with E-state index in [1.54, 1.807) is 13.8 Å². The van der Waals surface area contributed by atoms with Gasteiger partial charge in [0.2, 0.25) is 0 Å². The fourth-order valence-corrected chi connectivity index (χ4v) is 2.81. The number of benzene rings is 1. The van der Waals surface area contributed by atoms with Gasteiger partial charge < -0.3 is 9.47 Å². The highest BCUT2D eigenvalue weighted by Gasteiger charge is 2.90. The van der Waals surface area contributed by atoms with Gasteiger partial charge in [0, 0.05) is 5.56 Å². The maximum Gasteiger partial charge on any atom is 0.460 e. The number of rotatable bonds is 13. The first-order valence-electron chi connectivity index (χ1n) is 11.0. The Hall–Kier alpha value is -2.75. The molecule has 39 heavy (non-hydrogen) atoms. The molecule has 1 aromatic carbocycles. The number of ether oxygens (including phenoxy) is 2. The minimum absolute atomic E-state index is 0.171. The van der Waals surface area contributed by atoms with E-state index in [1.807, 2.05) is 0 Å². The molecule has 0 bridgehead atoms. The number of hydrogen-bond donors (Lipinski definition) is 0. The van der Waals surface area contributed by atoms with E-state index < -0.39 is 71.0 Å². The molecule has 4 nitrogen and oxygen atoms in total. The fourth-order valence-electron chi connectivity index (χ4n) is 2.81. The molecule has 0 aliphatic carbocycles. The summed E-state index contributed by atoms with van der Waals surface area (Å²) >= 11 is 0. The second-order valence-corrected chi connectivity index (χ2v) is 8.11. The van der Waals surface area contributed by atoms with Crippen molar-refractivity contribution in [2.24, 2.45) is 0 Å². The number of halogens is 13. The van der Waals surface area contributed by atoms with Crippen LogP contribution in [-0.4, -0.2) is 55.0 Å². The minimum Gasteiger partial charge on any atom is -0.462 e. The number of carbonyl (C=O) groups excluding carboxylic acids is 2. The highest BCUT2D eigenvalue weighted by Crippen LogP contribution is 2.62. The summed E-state index contributed by atoms with van der Waals surface area (Å²) in [6.45, 7) is 2.61. The van der Waals surface area contributed by atoms with E-state index in [0.29, 0.717) is 12.8 Å². The summed E-state index contributed by atoms with van der Waals surface area (Å²) in [6, 6.07) is -0.372. The van der Waals surface area contributed by atoms with Crippen LogP contribution in [0.5, 0.6) is 0 Å². The Morgan fingerprint density at radius 3 is 1.44 bits per heavy atom. The highest BCUT2D eigenvalue weighted by atomic mass is 19.4. The second-order valence-electron chi connectivity index (χ2n) is 8.11. The monoisotopic (exact) mass is 596 g/mol. The number of hydrogen-bond acceptors (Lipinski definition) is 4. The van der Waals surface area contributed by atoms with Crippen molar-refractivity contribution < 1.29 is 76.1 Å². The summed E-state index contributed by atoms with van der Waals surface area (Å²) < 4.78 is 185. The fraction of sp³-hybridized carbons (Fsp3) is 0.636. The van der Waals surface area contributed by atoms with Gasteiger partial charge in [-0.3, -0.25) is 0 Å². The minimum atomic E-state index is -8.07. The van der Waals surface area contributed by atoms with Gasteiger partial charge in [0.1, 0.15) is 0 Å². The maximum atomic E-state index is 14.6. The first-order chi connectivity index (χ1) is 17.6. The summed E-state index contributed by atoms with van der Waals surface area (Å²) in [4.78, 5) is 24.6. The van der Waals surface area contributed by atoms with E-state index in [1.165, 1.54) is 0 Å². The van der Waals surface area contributed by atoms with Crippen LogP contribution in [-0.2, 0) is 15.4 Å². The zero-order chi connectivity index (χ0) is 30.7. The van der Waals surface area contributed by atoms with Crippen molar-refractivity contribution in [3.63, 3.8) is 0 Å². The van der Waals surface area contributed by atoms with Crippen LogP contribution >= 0.6 is 0 Å². The average Bonchev–Trinajstić information content (AvgIpc) is 2.82. The zero-order valence-corrected chi connectivity index (χ0v) is 20.0.